The van der Waals surface area contributed by atoms with E-state index in [1.165, 1.54) is 12.3 Å². The number of anilines is 1. The van der Waals surface area contributed by atoms with Gasteiger partial charge in [0.05, 0.1) is 0 Å². The van der Waals surface area contributed by atoms with Crippen LogP contribution in [0.3, 0.4) is 0 Å². The molecule has 0 aliphatic rings. The first-order valence-corrected chi connectivity index (χ1v) is 9.01. The number of amides is 2. The Balaban J connectivity index is 1.66. The van der Waals surface area contributed by atoms with Gasteiger partial charge in [-0.15, -0.1) is 0 Å². The maximum Gasteiger partial charge on any atom is 0.272 e. The summed E-state index contributed by atoms with van der Waals surface area (Å²) in [6.45, 7) is 2.50. The van der Waals surface area contributed by atoms with E-state index in [4.69, 9.17) is 0 Å². The molecule has 3 aromatic rings. The van der Waals surface area contributed by atoms with Gasteiger partial charge in [-0.05, 0) is 60.9 Å². The average molecular weight is 374 g/mol. The first-order chi connectivity index (χ1) is 13.5. The topological polar surface area (TPSA) is 75.2 Å². The van der Waals surface area contributed by atoms with Crippen LogP contribution in [-0.4, -0.2) is 40.3 Å². The van der Waals surface area contributed by atoms with Crippen LogP contribution in [0.4, 0.5) is 5.69 Å². The van der Waals surface area contributed by atoms with Crippen molar-refractivity contribution in [2.45, 2.75) is 13.3 Å². The zero-order chi connectivity index (χ0) is 19.9. The lowest BCUT2D eigenvalue weighted by Gasteiger charge is -2.17. The molecule has 2 amide bonds. The summed E-state index contributed by atoms with van der Waals surface area (Å²) in [6, 6.07) is 14.5. The van der Waals surface area contributed by atoms with E-state index in [0.29, 0.717) is 17.8 Å². The minimum atomic E-state index is -0.276. The summed E-state index contributed by atoms with van der Waals surface area (Å²) in [5.74, 6) is -0.499. The quantitative estimate of drug-likeness (QED) is 0.718. The molecule has 0 saturated carbocycles. The fraction of sp³-hybridized carbons (Fsp3) is 0.182. The summed E-state index contributed by atoms with van der Waals surface area (Å²) >= 11 is 0. The molecular formula is C22H22N4O2. The molecule has 2 heterocycles. The van der Waals surface area contributed by atoms with Crippen molar-refractivity contribution in [3.63, 3.8) is 0 Å². The maximum absolute atomic E-state index is 12.7. The highest BCUT2D eigenvalue weighted by Gasteiger charge is 2.16. The van der Waals surface area contributed by atoms with Crippen LogP contribution in [0.25, 0.3) is 0 Å². The van der Waals surface area contributed by atoms with Gasteiger partial charge in [0.25, 0.3) is 11.8 Å². The lowest BCUT2D eigenvalue weighted by molar-refractivity contribution is 0.0791. The molecule has 1 aromatic carbocycles. The van der Waals surface area contributed by atoms with Crippen molar-refractivity contribution in [3.05, 3.63) is 89.5 Å². The van der Waals surface area contributed by atoms with Crippen LogP contribution >= 0.6 is 0 Å². The first-order valence-electron chi connectivity index (χ1n) is 9.01. The van der Waals surface area contributed by atoms with E-state index in [9.17, 15) is 9.59 Å². The lowest BCUT2D eigenvalue weighted by atomic mass is 10.1. The monoisotopic (exact) mass is 374 g/mol. The molecule has 0 saturated heterocycles. The Labute approximate surface area is 164 Å². The Hall–Kier alpha value is -3.54. The summed E-state index contributed by atoms with van der Waals surface area (Å²) in [6.07, 6.45) is 5.66. The van der Waals surface area contributed by atoms with Gasteiger partial charge < -0.3 is 10.2 Å². The molecule has 6 nitrogen and oxygen atoms in total. The van der Waals surface area contributed by atoms with Gasteiger partial charge in [-0.1, -0.05) is 12.1 Å². The highest BCUT2D eigenvalue weighted by atomic mass is 16.2. The number of carbonyl (C=O) groups is 2. The number of benzene rings is 1. The second-order valence-electron chi connectivity index (χ2n) is 6.59. The Kier molecular flexibility index (Phi) is 6.11. The summed E-state index contributed by atoms with van der Waals surface area (Å²) in [5, 5.41) is 2.84. The Morgan fingerprint density at radius 3 is 2.57 bits per heavy atom. The lowest BCUT2D eigenvalue weighted by Crippen LogP contribution is -2.29. The minimum absolute atomic E-state index is 0.223. The Morgan fingerprint density at radius 1 is 1.04 bits per heavy atom. The third kappa shape index (κ3) is 5.01. The molecule has 0 fully saturated rings. The maximum atomic E-state index is 12.7. The summed E-state index contributed by atoms with van der Waals surface area (Å²) in [5.41, 5.74) is 3.51. The van der Waals surface area contributed by atoms with E-state index in [-0.39, 0.29) is 17.5 Å². The van der Waals surface area contributed by atoms with E-state index in [1.54, 1.807) is 30.4 Å². The van der Waals surface area contributed by atoms with Gasteiger partial charge in [0.15, 0.2) is 0 Å². The number of hydrogen-bond acceptors (Lipinski definition) is 4. The summed E-state index contributed by atoms with van der Waals surface area (Å²) < 4.78 is 0. The number of hydrogen-bond donors (Lipinski definition) is 1. The standard InChI is InChI=1S/C22H22N4O2/c1-16-4-3-5-19(14-16)25-21(27)18-8-12-24-20(15-18)22(28)26(2)13-9-17-6-10-23-11-7-17/h3-8,10-12,14-15H,9,13H2,1-2H3,(H,25,27). The van der Waals surface area contributed by atoms with Crippen molar-refractivity contribution in [3.8, 4) is 0 Å². The zero-order valence-electron chi connectivity index (χ0n) is 15.9. The molecule has 0 spiro atoms. The van der Waals surface area contributed by atoms with Crippen LogP contribution in [-0.2, 0) is 6.42 Å². The van der Waals surface area contributed by atoms with Crippen LogP contribution in [0.1, 0.15) is 32.0 Å². The number of rotatable bonds is 6. The average Bonchev–Trinajstić information content (AvgIpc) is 2.72. The SMILES string of the molecule is Cc1cccc(NC(=O)c2ccnc(C(=O)N(C)CCc3ccncc3)c2)c1. The smallest absolute Gasteiger partial charge is 0.272 e. The molecule has 0 aliphatic carbocycles. The van der Waals surface area contributed by atoms with Gasteiger partial charge in [-0.25, -0.2) is 0 Å². The van der Waals surface area contributed by atoms with Gasteiger partial charge in [0.1, 0.15) is 5.69 Å². The van der Waals surface area contributed by atoms with Gasteiger partial charge in [-0.2, -0.15) is 0 Å². The highest BCUT2D eigenvalue weighted by molar-refractivity contribution is 6.05. The van der Waals surface area contributed by atoms with E-state index in [0.717, 1.165) is 17.5 Å². The molecule has 28 heavy (non-hydrogen) atoms. The van der Waals surface area contributed by atoms with Crippen LogP contribution in [0, 0.1) is 6.92 Å². The molecule has 6 heteroatoms. The third-order valence-corrected chi connectivity index (χ3v) is 4.35. The molecule has 0 bridgehead atoms. The normalized spacial score (nSPS) is 10.4. The van der Waals surface area contributed by atoms with Crippen molar-refractivity contribution in [1.29, 1.82) is 0 Å². The van der Waals surface area contributed by atoms with Gasteiger partial charge in [-0.3, -0.25) is 19.6 Å². The molecular weight excluding hydrogens is 352 g/mol. The van der Waals surface area contributed by atoms with Crippen molar-refractivity contribution in [2.75, 3.05) is 18.9 Å². The van der Waals surface area contributed by atoms with Crippen LogP contribution in [0.5, 0.6) is 0 Å². The van der Waals surface area contributed by atoms with Crippen molar-refractivity contribution in [1.82, 2.24) is 14.9 Å². The molecule has 1 N–H and O–H groups in total. The second-order valence-corrected chi connectivity index (χ2v) is 6.59. The predicted molar refractivity (Wildman–Crippen MR) is 108 cm³/mol. The third-order valence-electron chi connectivity index (χ3n) is 4.35. The Morgan fingerprint density at radius 2 is 1.82 bits per heavy atom. The first kappa shape index (κ1) is 19.2. The number of pyridine rings is 2. The molecule has 142 valence electrons. The largest absolute Gasteiger partial charge is 0.340 e. The zero-order valence-corrected chi connectivity index (χ0v) is 15.9. The van der Waals surface area contributed by atoms with Crippen molar-refractivity contribution in [2.24, 2.45) is 0 Å². The number of aryl methyl sites for hydroxylation is 1. The molecule has 3 rings (SSSR count). The number of aromatic nitrogens is 2. The van der Waals surface area contributed by atoms with Crippen molar-refractivity contribution >= 4 is 17.5 Å². The van der Waals surface area contributed by atoms with E-state index >= 15 is 0 Å². The summed E-state index contributed by atoms with van der Waals surface area (Å²) in [7, 11) is 1.73. The number of nitrogens with zero attached hydrogens (tertiary/aromatic N) is 3. The minimum Gasteiger partial charge on any atom is -0.340 e. The molecule has 0 aliphatic heterocycles. The molecule has 0 unspecified atom stereocenters. The number of nitrogens with one attached hydrogen (secondary N) is 1. The van der Waals surface area contributed by atoms with Gasteiger partial charge in [0, 0.05) is 43.4 Å². The number of likely N-dealkylation sites (N-methyl/N-ethyl adjacent to an activating group) is 1. The van der Waals surface area contributed by atoms with Crippen LogP contribution in [0.2, 0.25) is 0 Å². The molecule has 0 atom stereocenters. The van der Waals surface area contributed by atoms with E-state index in [1.807, 2.05) is 43.3 Å². The van der Waals surface area contributed by atoms with Crippen LogP contribution < -0.4 is 5.32 Å². The Bertz CT molecular complexity index is 973. The molecule has 2 aromatic heterocycles. The fourth-order valence-electron chi connectivity index (χ4n) is 2.76. The fourth-order valence-corrected chi connectivity index (χ4v) is 2.76. The second kappa shape index (κ2) is 8.90. The van der Waals surface area contributed by atoms with Crippen LogP contribution in [0.15, 0.2) is 67.1 Å². The highest BCUT2D eigenvalue weighted by Crippen LogP contribution is 2.12. The van der Waals surface area contributed by atoms with Gasteiger partial charge in [0.2, 0.25) is 0 Å². The summed E-state index contributed by atoms with van der Waals surface area (Å²) in [4.78, 5) is 34.9. The number of carbonyl (C=O) groups excluding carboxylic acids is 2. The molecule has 0 radical (unpaired) electrons. The van der Waals surface area contributed by atoms with E-state index in [2.05, 4.69) is 15.3 Å². The van der Waals surface area contributed by atoms with Crippen molar-refractivity contribution < 1.29 is 9.59 Å². The van der Waals surface area contributed by atoms with Gasteiger partial charge >= 0.3 is 0 Å². The predicted octanol–water partition coefficient (Wildman–Crippen LogP) is 3.35. The van der Waals surface area contributed by atoms with E-state index < -0.39 is 0 Å².